The summed E-state index contributed by atoms with van der Waals surface area (Å²) >= 11 is 0. The number of aryl methyl sites for hydroxylation is 2. The van der Waals surface area contributed by atoms with Crippen molar-refractivity contribution in [1.82, 2.24) is 4.98 Å². The van der Waals surface area contributed by atoms with Crippen LogP contribution in [0.5, 0.6) is 0 Å². The van der Waals surface area contributed by atoms with Gasteiger partial charge in [-0.05, 0) is 95.1 Å². The van der Waals surface area contributed by atoms with E-state index in [9.17, 15) is 0 Å². The molecule has 1 heteroatoms. The molecule has 0 unspecified atom stereocenters. The van der Waals surface area contributed by atoms with Gasteiger partial charge in [0.15, 0.2) is 0 Å². The van der Waals surface area contributed by atoms with Gasteiger partial charge in [0.05, 0.1) is 5.69 Å². The highest BCUT2D eigenvalue weighted by molar-refractivity contribution is 5.99. The molecule has 144 valence electrons. The second-order valence-electron chi connectivity index (χ2n) is 8.94. The predicted octanol–water partition coefficient (Wildman–Crippen LogP) is 7.29. The fourth-order valence-corrected chi connectivity index (χ4v) is 4.94. The summed E-state index contributed by atoms with van der Waals surface area (Å²) in [5, 5.41) is 2.60. The van der Waals surface area contributed by atoms with Gasteiger partial charge >= 0.3 is 0 Å². The molecule has 1 aliphatic rings. The van der Waals surface area contributed by atoms with Crippen LogP contribution in [0.25, 0.3) is 33.2 Å². The number of nitrogens with zero attached hydrogens (tertiary/aromatic N) is 1. The zero-order valence-electron chi connectivity index (χ0n) is 17.7. The maximum atomic E-state index is 4.92. The molecular weight excluding hydrogens is 350 g/mol. The second-order valence-corrected chi connectivity index (χ2v) is 8.94. The molecule has 0 aliphatic heterocycles. The van der Waals surface area contributed by atoms with E-state index in [1.165, 1.54) is 55.3 Å². The summed E-state index contributed by atoms with van der Waals surface area (Å²) < 4.78 is 0. The number of aromatic nitrogens is 1. The molecule has 0 spiro atoms. The standard InChI is InChI=1S/C28H27N/c1-17(2)11-20-14-19(4)22-9-10-29-28(27(22)15-20)26-13-18(3)12-24-23-8-6-5-7-21(23)16-25(24)26/h5-10,12-15,17H,11,16H2,1-4H3. The lowest BCUT2D eigenvalue weighted by atomic mass is 9.91. The van der Waals surface area contributed by atoms with Gasteiger partial charge in [-0.3, -0.25) is 4.98 Å². The molecule has 0 N–H and O–H groups in total. The van der Waals surface area contributed by atoms with E-state index in [1.54, 1.807) is 0 Å². The Hall–Kier alpha value is -2.93. The summed E-state index contributed by atoms with van der Waals surface area (Å²) in [5.74, 6) is 0.643. The van der Waals surface area contributed by atoms with E-state index in [4.69, 9.17) is 4.98 Å². The van der Waals surface area contributed by atoms with Crippen molar-refractivity contribution in [2.24, 2.45) is 5.92 Å². The highest BCUT2D eigenvalue weighted by Crippen LogP contribution is 2.43. The van der Waals surface area contributed by atoms with E-state index in [0.717, 1.165) is 18.5 Å². The quantitative estimate of drug-likeness (QED) is 0.322. The summed E-state index contributed by atoms with van der Waals surface area (Å²) in [6.45, 7) is 9.00. The van der Waals surface area contributed by atoms with Crippen LogP contribution in [-0.2, 0) is 12.8 Å². The van der Waals surface area contributed by atoms with E-state index in [1.807, 2.05) is 6.20 Å². The third kappa shape index (κ3) is 3.06. The first-order chi connectivity index (χ1) is 14.0. The lowest BCUT2D eigenvalue weighted by Crippen LogP contribution is -1.98. The molecule has 0 fully saturated rings. The maximum absolute atomic E-state index is 4.92. The smallest absolute Gasteiger partial charge is 0.0783 e. The summed E-state index contributed by atoms with van der Waals surface area (Å²) in [4.78, 5) is 4.92. The first-order valence-corrected chi connectivity index (χ1v) is 10.6. The van der Waals surface area contributed by atoms with E-state index in [2.05, 4.69) is 82.3 Å². The van der Waals surface area contributed by atoms with Gasteiger partial charge in [-0.2, -0.15) is 0 Å². The third-order valence-electron chi connectivity index (χ3n) is 6.11. The zero-order valence-corrected chi connectivity index (χ0v) is 17.7. The third-order valence-corrected chi connectivity index (χ3v) is 6.11. The predicted molar refractivity (Wildman–Crippen MR) is 123 cm³/mol. The molecule has 29 heavy (non-hydrogen) atoms. The van der Waals surface area contributed by atoms with Crippen LogP contribution in [0.15, 0.2) is 60.8 Å². The Morgan fingerprint density at radius 2 is 1.66 bits per heavy atom. The normalized spacial score (nSPS) is 12.4. The monoisotopic (exact) mass is 377 g/mol. The molecule has 3 aromatic carbocycles. The number of hydrogen-bond donors (Lipinski definition) is 0. The number of benzene rings is 3. The average molecular weight is 378 g/mol. The van der Waals surface area contributed by atoms with Gasteiger partial charge < -0.3 is 0 Å². The van der Waals surface area contributed by atoms with Crippen LogP contribution < -0.4 is 0 Å². The molecule has 0 saturated heterocycles. The van der Waals surface area contributed by atoms with Gasteiger partial charge in [0.1, 0.15) is 0 Å². The molecule has 5 rings (SSSR count). The van der Waals surface area contributed by atoms with E-state index in [-0.39, 0.29) is 0 Å². The molecule has 0 saturated carbocycles. The highest BCUT2D eigenvalue weighted by Gasteiger charge is 2.23. The van der Waals surface area contributed by atoms with Crippen molar-refractivity contribution in [3.63, 3.8) is 0 Å². The fraction of sp³-hybridized carbons (Fsp3) is 0.250. The van der Waals surface area contributed by atoms with Crippen LogP contribution in [0, 0.1) is 19.8 Å². The Balaban J connectivity index is 1.77. The van der Waals surface area contributed by atoms with Crippen LogP contribution in [0.1, 0.15) is 41.7 Å². The lowest BCUT2D eigenvalue weighted by molar-refractivity contribution is 0.647. The first kappa shape index (κ1) is 18.1. The Bertz CT molecular complexity index is 1250. The fourth-order valence-electron chi connectivity index (χ4n) is 4.94. The lowest BCUT2D eigenvalue weighted by Gasteiger charge is -2.15. The molecule has 4 aromatic rings. The zero-order chi connectivity index (χ0) is 20.1. The van der Waals surface area contributed by atoms with Crippen LogP contribution in [0.3, 0.4) is 0 Å². The van der Waals surface area contributed by atoms with Gasteiger partial charge in [0, 0.05) is 17.1 Å². The van der Waals surface area contributed by atoms with Gasteiger partial charge in [-0.15, -0.1) is 0 Å². The van der Waals surface area contributed by atoms with Crippen molar-refractivity contribution in [3.05, 3.63) is 88.6 Å². The van der Waals surface area contributed by atoms with Crippen LogP contribution >= 0.6 is 0 Å². The maximum Gasteiger partial charge on any atom is 0.0783 e. The summed E-state index contributed by atoms with van der Waals surface area (Å²) in [7, 11) is 0. The minimum Gasteiger partial charge on any atom is -0.256 e. The minimum atomic E-state index is 0.643. The minimum absolute atomic E-state index is 0.643. The highest BCUT2D eigenvalue weighted by atomic mass is 14.7. The molecule has 1 aliphatic carbocycles. The van der Waals surface area contributed by atoms with Crippen LogP contribution in [-0.4, -0.2) is 4.98 Å². The van der Waals surface area contributed by atoms with Crippen LogP contribution in [0.4, 0.5) is 0 Å². The number of pyridine rings is 1. The van der Waals surface area contributed by atoms with Crippen molar-refractivity contribution in [1.29, 1.82) is 0 Å². The molecule has 1 heterocycles. The van der Waals surface area contributed by atoms with Gasteiger partial charge in [0.2, 0.25) is 0 Å². The molecule has 0 radical (unpaired) electrons. The van der Waals surface area contributed by atoms with Crippen molar-refractivity contribution in [3.8, 4) is 22.4 Å². The average Bonchev–Trinajstić information content (AvgIpc) is 3.05. The van der Waals surface area contributed by atoms with Crippen molar-refractivity contribution >= 4 is 10.8 Å². The molecule has 0 atom stereocenters. The molecular formula is C28H27N. The number of fused-ring (bicyclic) bond motifs is 4. The van der Waals surface area contributed by atoms with Crippen molar-refractivity contribution in [2.75, 3.05) is 0 Å². The van der Waals surface area contributed by atoms with E-state index < -0.39 is 0 Å². The van der Waals surface area contributed by atoms with E-state index >= 15 is 0 Å². The second kappa shape index (κ2) is 6.84. The Morgan fingerprint density at radius 3 is 2.48 bits per heavy atom. The SMILES string of the molecule is Cc1cc2c(c(-c3nccc4c(C)cc(CC(C)C)cc34)c1)Cc1ccccc1-2. The number of hydrogen-bond acceptors (Lipinski definition) is 1. The molecule has 1 nitrogen and oxygen atoms in total. The van der Waals surface area contributed by atoms with Gasteiger partial charge in [0.25, 0.3) is 0 Å². The summed E-state index contributed by atoms with van der Waals surface area (Å²) in [6.07, 6.45) is 4.07. The first-order valence-electron chi connectivity index (χ1n) is 10.6. The summed E-state index contributed by atoms with van der Waals surface area (Å²) in [6, 6.07) is 20.4. The topological polar surface area (TPSA) is 12.9 Å². The van der Waals surface area contributed by atoms with Gasteiger partial charge in [-0.1, -0.05) is 50.2 Å². The molecule has 0 amide bonds. The van der Waals surface area contributed by atoms with E-state index in [0.29, 0.717) is 5.92 Å². The van der Waals surface area contributed by atoms with Crippen molar-refractivity contribution < 1.29 is 0 Å². The summed E-state index contributed by atoms with van der Waals surface area (Å²) in [5.41, 5.74) is 12.1. The number of rotatable bonds is 3. The van der Waals surface area contributed by atoms with Gasteiger partial charge in [-0.25, -0.2) is 0 Å². The van der Waals surface area contributed by atoms with Crippen LogP contribution in [0.2, 0.25) is 0 Å². The largest absolute Gasteiger partial charge is 0.256 e. The molecule has 1 aromatic heterocycles. The Labute approximate surface area is 173 Å². The molecule has 0 bridgehead atoms. The Kier molecular flexibility index (Phi) is 4.28. The van der Waals surface area contributed by atoms with Crippen molar-refractivity contribution in [2.45, 2.75) is 40.5 Å². The Morgan fingerprint density at radius 1 is 0.862 bits per heavy atom.